The molecule has 0 amide bonds. The monoisotopic (exact) mass is 261 g/mol. The summed E-state index contributed by atoms with van der Waals surface area (Å²) in [6.45, 7) is 7.90. The lowest BCUT2D eigenvalue weighted by Gasteiger charge is -2.14. The Morgan fingerprint density at radius 3 is 2.21 bits per heavy atom. The fourth-order valence-electron chi connectivity index (χ4n) is 2.47. The zero-order valence-corrected chi connectivity index (χ0v) is 13.0. The van der Waals surface area contributed by atoms with Crippen LogP contribution in [0, 0.1) is 0 Å². The van der Waals surface area contributed by atoms with E-state index in [1.165, 1.54) is 56.2 Å². The predicted molar refractivity (Wildman–Crippen MR) is 87.0 cm³/mol. The molecule has 0 unspecified atom stereocenters. The maximum atomic E-state index is 3.60. The molecule has 0 spiro atoms. The minimum atomic E-state index is 0.595. The molecule has 1 nitrogen and oxygen atoms in total. The van der Waals surface area contributed by atoms with Crippen molar-refractivity contribution in [2.75, 3.05) is 11.9 Å². The molecular formula is C18H31N. The van der Waals surface area contributed by atoms with Crippen molar-refractivity contribution in [3.8, 4) is 0 Å². The van der Waals surface area contributed by atoms with Crippen LogP contribution < -0.4 is 5.32 Å². The van der Waals surface area contributed by atoms with Crippen molar-refractivity contribution < 1.29 is 0 Å². The lowest BCUT2D eigenvalue weighted by molar-refractivity contribution is 0.596. The molecule has 0 bridgehead atoms. The second kappa shape index (κ2) is 9.89. The molecule has 1 aromatic carbocycles. The van der Waals surface area contributed by atoms with Crippen molar-refractivity contribution in [3.05, 3.63) is 29.8 Å². The van der Waals surface area contributed by atoms with E-state index < -0.39 is 0 Å². The van der Waals surface area contributed by atoms with Crippen molar-refractivity contribution in [2.45, 2.75) is 71.6 Å². The summed E-state index contributed by atoms with van der Waals surface area (Å²) < 4.78 is 0. The second-order valence-corrected chi connectivity index (χ2v) is 5.79. The van der Waals surface area contributed by atoms with Crippen LogP contribution in [0.5, 0.6) is 0 Å². The first-order valence-corrected chi connectivity index (χ1v) is 8.08. The first kappa shape index (κ1) is 16.1. The van der Waals surface area contributed by atoms with Gasteiger partial charge in [0.1, 0.15) is 0 Å². The van der Waals surface area contributed by atoms with E-state index in [-0.39, 0.29) is 0 Å². The third-order valence-electron chi connectivity index (χ3n) is 3.68. The van der Waals surface area contributed by atoms with E-state index in [9.17, 15) is 0 Å². The van der Waals surface area contributed by atoms with Gasteiger partial charge in [-0.25, -0.2) is 0 Å². The summed E-state index contributed by atoms with van der Waals surface area (Å²) in [6.07, 6.45) is 9.62. The molecule has 0 heterocycles. The van der Waals surface area contributed by atoms with Crippen LogP contribution in [-0.2, 0) is 0 Å². The largest absolute Gasteiger partial charge is 0.385 e. The van der Waals surface area contributed by atoms with Gasteiger partial charge in [-0.05, 0) is 24.0 Å². The van der Waals surface area contributed by atoms with Crippen LogP contribution >= 0.6 is 0 Å². The molecule has 0 aliphatic heterocycles. The summed E-state index contributed by atoms with van der Waals surface area (Å²) in [6, 6.07) is 8.70. The van der Waals surface area contributed by atoms with Gasteiger partial charge in [-0.1, -0.05) is 77.5 Å². The highest BCUT2D eigenvalue weighted by molar-refractivity contribution is 5.52. The number of unbranched alkanes of at least 4 members (excludes halogenated alkanes) is 6. The number of anilines is 1. The molecule has 1 N–H and O–H groups in total. The molecule has 0 saturated heterocycles. The summed E-state index contributed by atoms with van der Waals surface area (Å²) in [5, 5.41) is 3.60. The molecule has 0 aliphatic carbocycles. The number of hydrogen-bond donors (Lipinski definition) is 1. The van der Waals surface area contributed by atoms with Gasteiger partial charge in [-0.15, -0.1) is 0 Å². The van der Waals surface area contributed by atoms with Gasteiger partial charge >= 0.3 is 0 Å². The maximum Gasteiger partial charge on any atom is 0.0375 e. The standard InChI is InChI=1S/C18H31N/c1-4-5-6-7-8-9-12-15-19-18-14-11-10-13-17(18)16(2)3/h10-11,13-14,16,19H,4-9,12,15H2,1-3H3. The molecule has 108 valence electrons. The Morgan fingerprint density at radius 1 is 0.895 bits per heavy atom. The van der Waals surface area contributed by atoms with Crippen LogP contribution in [0.2, 0.25) is 0 Å². The average molecular weight is 261 g/mol. The van der Waals surface area contributed by atoms with Crippen molar-refractivity contribution in [3.63, 3.8) is 0 Å². The van der Waals surface area contributed by atoms with Gasteiger partial charge < -0.3 is 5.32 Å². The topological polar surface area (TPSA) is 12.0 Å². The highest BCUT2D eigenvalue weighted by Gasteiger charge is 2.04. The molecule has 0 radical (unpaired) electrons. The van der Waals surface area contributed by atoms with Crippen LogP contribution in [0.15, 0.2) is 24.3 Å². The molecule has 19 heavy (non-hydrogen) atoms. The predicted octanol–water partition coefficient (Wildman–Crippen LogP) is 5.97. The van der Waals surface area contributed by atoms with Crippen LogP contribution in [0.4, 0.5) is 5.69 Å². The van der Waals surface area contributed by atoms with E-state index in [1.807, 2.05) is 0 Å². The maximum absolute atomic E-state index is 3.60. The molecular weight excluding hydrogens is 230 g/mol. The Bertz CT molecular complexity index is 330. The zero-order chi connectivity index (χ0) is 13.9. The highest BCUT2D eigenvalue weighted by atomic mass is 14.9. The number of rotatable bonds is 10. The quantitative estimate of drug-likeness (QED) is 0.511. The van der Waals surface area contributed by atoms with Crippen LogP contribution in [-0.4, -0.2) is 6.54 Å². The number of para-hydroxylation sites is 1. The van der Waals surface area contributed by atoms with Gasteiger partial charge in [-0.3, -0.25) is 0 Å². The SMILES string of the molecule is CCCCCCCCCNc1ccccc1C(C)C. The Kier molecular flexibility index (Phi) is 8.36. The van der Waals surface area contributed by atoms with Crippen LogP contribution in [0.25, 0.3) is 0 Å². The average Bonchev–Trinajstić information content (AvgIpc) is 2.42. The van der Waals surface area contributed by atoms with Gasteiger partial charge in [0.25, 0.3) is 0 Å². The first-order chi connectivity index (χ1) is 9.25. The lowest BCUT2D eigenvalue weighted by Crippen LogP contribution is -2.04. The zero-order valence-electron chi connectivity index (χ0n) is 13.0. The third-order valence-corrected chi connectivity index (χ3v) is 3.68. The Hall–Kier alpha value is -0.980. The summed E-state index contributed by atoms with van der Waals surface area (Å²) in [7, 11) is 0. The van der Waals surface area contributed by atoms with Gasteiger partial charge in [0.15, 0.2) is 0 Å². The van der Waals surface area contributed by atoms with Gasteiger partial charge in [-0.2, -0.15) is 0 Å². The highest BCUT2D eigenvalue weighted by Crippen LogP contribution is 2.23. The van der Waals surface area contributed by atoms with E-state index in [0.717, 1.165) is 6.54 Å². The van der Waals surface area contributed by atoms with Crippen molar-refractivity contribution >= 4 is 5.69 Å². The fraction of sp³-hybridized carbons (Fsp3) is 0.667. The number of benzene rings is 1. The molecule has 0 aromatic heterocycles. The molecule has 0 aliphatic rings. The Morgan fingerprint density at radius 2 is 1.53 bits per heavy atom. The van der Waals surface area contributed by atoms with Crippen LogP contribution in [0.1, 0.15) is 77.2 Å². The van der Waals surface area contributed by atoms with Crippen LogP contribution in [0.3, 0.4) is 0 Å². The number of nitrogens with one attached hydrogen (secondary N) is 1. The minimum Gasteiger partial charge on any atom is -0.385 e. The van der Waals surface area contributed by atoms with Gasteiger partial charge in [0, 0.05) is 12.2 Å². The molecule has 0 atom stereocenters. The van der Waals surface area contributed by atoms with Crippen molar-refractivity contribution in [2.24, 2.45) is 0 Å². The summed E-state index contributed by atoms with van der Waals surface area (Å²) in [5.41, 5.74) is 2.76. The van der Waals surface area contributed by atoms with E-state index in [4.69, 9.17) is 0 Å². The smallest absolute Gasteiger partial charge is 0.0375 e. The summed E-state index contributed by atoms with van der Waals surface area (Å²) in [4.78, 5) is 0. The minimum absolute atomic E-state index is 0.595. The normalized spacial score (nSPS) is 10.9. The van der Waals surface area contributed by atoms with E-state index >= 15 is 0 Å². The Labute approximate surface area is 119 Å². The fourth-order valence-corrected chi connectivity index (χ4v) is 2.47. The molecule has 0 saturated carbocycles. The van der Waals surface area contributed by atoms with E-state index in [0.29, 0.717) is 5.92 Å². The van der Waals surface area contributed by atoms with Crippen molar-refractivity contribution in [1.29, 1.82) is 0 Å². The van der Waals surface area contributed by atoms with E-state index in [1.54, 1.807) is 0 Å². The number of hydrogen-bond acceptors (Lipinski definition) is 1. The first-order valence-electron chi connectivity index (χ1n) is 8.08. The summed E-state index contributed by atoms with van der Waals surface area (Å²) in [5.74, 6) is 0.595. The van der Waals surface area contributed by atoms with E-state index in [2.05, 4.69) is 50.4 Å². The third kappa shape index (κ3) is 6.66. The molecule has 0 fully saturated rings. The van der Waals surface area contributed by atoms with Gasteiger partial charge in [0.2, 0.25) is 0 Å². The molecule has 1 aromatic rings. The molecule has 1 rings (SSSR count). The summed E-state index contributed by atoms with van der Waals surface area (Å²) >= 11 is 0. The Balaban J connectivity index is 2.16. The van der Waals surface area contributed by atoms with Crippen molar-refractivity contribution in [1.82, 2.24) is 0 Å². The lowest BCUT2D eigenvalue weighted by atomic mass is 10.0. The van der Waals surface area contributed by atoms with Gasteiger partial charge in [0.05, 0.1) is 0 Å². The second-order valence-electron chi connectivity index (χ2n) is 5.79. The molecule has 1 heteroatoms.